The number of Topliss-reactive ketones (excluding diaryl/α,β-unsaturated/α-hetero) is 1. The largest absolute Gasteiger partial charge is 0.457 e. The molecule has 0 saturated carbocycles. The number of hydrazine groups is 1. The second-order valence-corrected chi connectivity index (χ2v) is 10.2. The standard InChI is InChI=1S/C30H24N4O9/c1-18-2-15-25-26(16-18)30(38)32(29(25)37)31(28(36)20-3-7-21(8-4-20)33(39)40)17-27(35)19-5-11-23(12-6-19)43-24-13-9-22(10-14-24)34(41)42/h2-14,25-26H,15-17H2,1H3/t25-,26+/m0/s1. The van der Waals surface area contributed by atoms with Crippen LogP contribution in [0.4, 0.5) is 11.4 Å². The van der Waals surface area contributed by atoms with E-state index in [-0.39, 0.29) is 22.5 Å². The molecule has 218 valence electrons. The van der Waals surface area contributed by atoms with Crippen LogP contribution in [0, 0.1) is 32.1 Å². The molecule has 2 atom stereocenters. The first-order valence-electron chi connectivity index (χ1n) is 13.2. The number of hydrogen-bond donors (Lipinski definition) is 0. The Hall–Kier alpha value is -5.72. The highest BCUT2D eigenvalue weighted by atomic mass is 16.6. The first-order valence-corrected chi connectivity index (χ1v) is 13.2. The zero-order chi connectivity index (χ0) is 30.8. The molecule has 13 nitrogen and oxygen atoms in total. The van der Waals surface area contributed by atoms with E-state index in [1.165, 1.54) is 60.7 Å². The van der Waals surface area contributed by atoms with Gasteiger partial charge in [-0.15, -0.1) is 0 Å². The molecule has 5 rings (SSSR count). The van der Waals surface area contributed by atoms with Crippen molar-refractivity contribution >= 4 is 34.9 Å². The summed E-state index contributed by atoms with van der Waals surface area (Å²) >= 11 is 0. The Morgan fingerprint density at radius 2 is 1.30 bits per heavy atom. The molecular weight excluding hydrogens is 560 g/mol. The van der Waals surface area contributed by atoms with Crippen LogP contribution in [0.15, 0.2) is 84.4 Å². The SMILES string of the molecule is CC1=CC[C@@H]2C(=O)N(N(CC(=O)c3ccc(Oc4ccc([N+](=O)[O-])cc4)cc3)C(=O)c3ccc([N+](=O)[O-])cc3)C(=O)[C@@H]2C1. The third-order valence-electron chi connectivity index (χ3n) is 7.35. The van der Waals surface area contributed by atoms with Crippen molar-refractivity contribution in [3.8, 4) is 11.5 Å². The van der Waals surface area contributed by atoms with Gasteiger partial charge in [0.25, 0.3) is 29.1 Å². The first-order chi connectivity index (χ1) is 20.5. The molecule has 1 fully saturated rings. The minimum Gasteiger partial charge on any atom is -0.457 e. The van der Waals surface area contributed by atoms with Gasteiger partial charge < -0.3 is 4.74 Å². The summed E-state index contributed by atoms with van der Waals surface area (Å²) in [5.74, 6) is -3.24. The predicted molar refractivity (Wildman–Crippen MR) is 150 cm³/mol. The van der Waals surface area contributed by atoms with Crippen LogP contribution in [0.3, 0.4) is 0 Å². The van der Waals surface area contributed by atoms with Crippen molar-refractivity contribution in [2.24, 2.45) is 11.8 Å². The lowest BCUT2D eigenvalue weighted by molar-refractivity contribution is -0.385. The Kier molecular flexibility index (Phi) is 7.80. The third kappa shape index (κ3) is 5.86. The van der Waals surface area contributed by atoms with Crippen LogP contribution in [0.2, 0.25) is 0 Å². The summed E-state index contributed by atoms with van der Waals surface area (Å²) in [6.45, 7) is 1.21. The minimum atomic E-state index is -0.841. The fourth-order valence-corrected chi connectivity index (χ4v) is 5.07. The number of nitrogens with zero attached hydrogens (tertiary/aromatic N) is 4. The van der Waals surface area contributed by atoms with Crippen LogP contribution in [-0.4, -0.2) is 49.9 Å². The fraction of sp³-hybridized carbons (Fsp3) is 0.200. The molecule has 1 saturated heterocycles. The summed E-state index contributed by atoms with van der Waals surface area (Å²) in [5.41, 5.74) is 0.712. The zero-order valence-corrected chi connectivity index (χ0v) is 22.7. The molecule has 0 N–H and O–H groups in total. The molecule has 0 radical (unpaired) electrons. The Morgan fingerprint density at radius 3 is 1.86 bits per heavy atom. The molecule has 43 heavy (non-hydrogen) atoms. The van der Waals surface area contributed by atoms with E-state index in [0.29, 0.717) is 24.3 Å². The second-order valence-electron chi connectivity index (χ2n) is 10.2. The summed E-state index contributed by atoms with van der Waals surface area (Å²) < 4.78 is 5.67. The number of nitro groups is 2. The molecule has 3 aromatic rings. The van der Waals surface area contributed by atoms with E-state index in [0.717, 1.165) is 27.7 Å². The minimum absolute atomic E-state index is 0.0463. The molecule has 1 heterocycles. The lowest BCUT2D eigenvalue weighted by atomic mass is 9.82. The van der Waals surface area contributed by atoms with Gasteiger partial charge in [-0.05, 0) is 68.3 Å². The number of benzene rings is 3. The maximum absolute atomic E-state index is 13.6. The van der Waals surface area contributed by atoms with Gasteiger partial charge in [-0.25, -0.2) is 5.01 Å². The van der Waals surface area contributed by atoms with Crippen LogP contribution < -0.4 is 4.74 Å². The second kappa shape index (κ2) is 11.6. The molecule has 0 bridgehead atoms. The number of imide groups is 1. The Labute approximate surface area is 244 Å². The first kappa shape index (κ1) is 28.8. The number of carbonyl (C=O) groups is 4. The van der Waals surface area contributed by atoms with Gasteiger partial charge in [0.15, 0.2) is 5.78 Å². The Morgan fingerprint density at radius 1 is 0.814 bits per heavy atom. The van der Waals surface area contributed by atoms with Crippen LogP contribution >= 0.6 is 0 Å². The van der Waals surface area contributed by atoms with E-state index in [1.807, 2.05) is 13.0 Å². The van der Waals surface area contributed by atoms with Crippen molar-refractivity contribution in [3.63, 3.8) is 0 Å². The van der Waals surface area contributed by atoms with Crippen molar-refractivity contribution in [1.29, 1.82) is 0 Å². The molecule has 1 aliphatic carbocycles. The van der Waals surface area contributed by atoms with Crippen LogP contribution in [-0.2, 0) is 9.59 Å². The zero-order valence-electron chi connectivity index (χ0n) is 22.7. The number of fused-ring (bicyclic) bond motifs is 1. The lowest BCUT2D eigenvalue weighted by Crippen LogP contribution is -2.52. The number of rotatable bonds is 9. The van der Waals surface area contributed by atoms with E-state index in [4.69, 9.17) is 4.74 Å². The maximum atomic E-state index is 13.6. The van der Waals surface area contributed by atoms with Crippen molar-refractivity contribution in [2.45, 2.75) is 19.8 Å². The van der Waals surface area contributed by atoms with Gasteiger partial charge in [0.1, 0.15) is 18.0 Å². The number of carbonyl (C=O) groups excluding carboxylic acids is 4. The van der Waals surface area contributed by atoms with E-state index in [1.54, 1.807) is 0 Å². The van der Waals surface area contributed by atoms with Gasteiger partial charge in [0.05, 0.1) is 21.7 Å². The molecule has 3 aromatic carbocycles. The van der Waals surface area contributed by atoms with Gasteiger partial charge in [-0.1, -0.05) is 11.6 Å². The molecule has 3 amide bonds. The van der Waals surface area contributed by atoms with Gasteiger partial charge in [0, 0.05) is 35.4 Å². The lowest BCUT2D eigenvalue weighted by Gasteiger charge is -2.30. The normalized spacial score (nSPS) is 17.6. The van der Waals surface area contributed by atoms with E-state index in [9.17, 15) is 39.4 Å². The van der Waals surface area contributed by atoms with E-state index in [2.05, 4.69) is 0 Å². The molecule has 1 aliphatic heterocycles. The molecule has 0 unspecified atom stereocenters. The molecular formula is C30H24N4O9. The quantitative estimate of drug-likeness (QED) is 0.112. The number of allylic oxidation sites excluding steroid dienone is 2. The molecule has 2 aliphatic rings. The monoisotopic (exact) mass is 584 g/mol. The number of nitro benzene ring substituents is 2. The van der Waals surface area contributed by atoms with Gasteiger partial charge in [0.2, 0.25) is 0 Å². The van der Waals surface area contributed by atoms with Crippen molar-refractivity contribution in [1.82, 2.24) is 10.0 Å². The van der Waals surface area contributed by atoms with Crippen LogP contribution in [0.5, 0.6) is 11.5 Å². The summed E-state index contributed by atoms with van der Waals surface area (Å²) in [6, 6.07) is 16.0. The maximum Gasteiger partial charge on any atom is 0.273 e. The Bertz CT molecular complexity index is 1670. The smallest absolute Gasteiger partial charge is 0.273 e. The van der Waals surface area contributed by atoms with E-state index >= 15 is 0 Å². The number of ketones is 1. The van der Waals surface area contributed by atoms with Gasteiger partial charge >= 0.3 is 0 Å². The highest BCUT2D eigenvalue weighted by Gasteiger charge is 2.51. The molecule has 13 heteroatoms. The highest BCUT2D eigenvalue weighted by Crippen LogP contribution is 2.38. The van der Waals surface area contributed by atoms with E-state index < -0.39 is 51.7 Å². The van der Waals surface area contributed by atoms with Crippen molar-refractivity contribution < 1.29 is 33.8 Å². The van der Waals surface area contributed by atoms with Gasteiger partial charge in [-0.2, -0.15) is 5.01 Å². The summed E-state index contributed by atoms with van der Waals surface area (Å²) in [5, 5.41) is 23.5. The molecule has 0 spiro atoms. The average molecular weight is 585 g/mol. The van der Waals surface area contributed by atoms with Gasteiger partial charge in [-0.3, -0.25) is 39.4 Å². The fourth-order valence-electron chi connectivity index (χ4n) is 5.07. The highest BCUT2D eigenvalue weighted by molar-refractivity contribution is 6.09. The number of non-ortho nitro benzene ring substituents is 2. The van der Waals surface area contributed by atoms with Crippen molar-refractivity contribution in [3.05, 3.63) is 116 Å². The number of amides is 3. The molecule has 0 aromatic heterocycles. The Balaban J connectivity index is 1.38. The summed E-state index contributed by atoms with van der Waals surface area (Å²) in [6.07, 6.45) is 2.57. The number of hydrogen-bond acceptors (Lipinski definition) is 9. The third-order valence-corrected chi connectivity index (χ3v) is 7.35. The number of ether oxygens (including phenoxy) is 1. The van der Waals surface area contributed by atoms with Crippen LogP contribution in [0.1, 0.15) is 40.5 Å². The summed E-state index contributed by atoms with van der Waals surface area (Å²) in [7, 11) is 0. The van der Waals surface area contributed by atoms with Crippen LogP contribution in [0.25, 0.3) is 0 Å². The summed E-state index contributed by atoms with van der Waals surface area (Å²) in [4.78, 5) is 74.6. The van der Waals surface area contributed by atoms with Crippen molar-refractivity contribution in [2.75, 3.05) is 6.54 Å². The average Bonchev–Trinajstić information content (AvgIpc) is 3.24. The topological polar surface area (TPSA) is 170 Å². The predicted octanol–water partition coefficient (Wildman–Crippen LogP) is 4.88.